The van der Waals surface area contributed by atoms with E-state index in [9.17, 15) is 19.8 Å². The Labute approximate surface area is 556 Å². The van der Waals surface area contributed by atoms with Crippen LogP contribution in [0.5, 0.6) is 0 Å². The molecule has 2 atom stereocenters. The fraction of sp³-hybridized carbons (Fsp3) is 0.880. The first-order chi connectivity index (χ1) is 44.0. The molecule has 524 valence electrons. The Bertz CT molecular complexity index is 1490. The van der Waals surface area contributed by atoms with Crippen LogP contribution in [0.15, 0.2) is 48.6 Å². The van der Waals surface area contributed by atoms with Crippen molar-refractivity contribution in [2.45, 2.75) is 456 Å². The number of aliphatic hydroxyl groups is 2. The van der Waals surface area contributed by atoms with Crippen LogP contribution in [0.25, 0.3) is 0 Å². The summed E-state index contributed by atoms with van der Waals surface area (Å²) < 4.78 is 5.51. The lowest BCUT2D eigenvalue weighted by molar-refractivity contribution is -0.143. The number of amides is 1. The SMILES string of the molecule is CCCCC/C=C\C/C=C\CCCCCCCCCCCC(=O)OCCCCCCCCCCCCCC/C=C\CCCCCCCCCCCCCCCCCCC(=O)NC(CO)C(O)/C=C/CCCCCCCCCCCCCCCCCCCCC. The van der Waals surface area contributed by atoms with Crippen molar-refractivity contribution < 1.29 is 24.5 Å². The second-order valence-corrected chi connectivity index (χ2v) is 27.7. The molecule has 2 unspecified atom stereocenters. The lowest BCUT2D eigenvalue weighted by atomic mass is 10.0. The molecule has 0 radical (unpaired) electrons. The number of hydrogen-bond donors (Lipinski definition) is 3. The van der Waals surface area contributed by atoms with Gasteiger partial charge in [-0.15, -0.1) is 0 Å². The standard InChI is InChI=1S/C83H157NO5/c1-3-5-7-9-11-13-15-17-19-21-23-36-40-43-47-51-55-59-63-67-71-75-81(86)80(79-85)84-82(87)76-72-68-64-60-56-52-48-44-41-37-34-32-30-28-26-24-25-27-29-31-33-35-38-42-46-50-54-58-62-66-70-74-78-89-83(88)77-73-69-65-61-57-53-49-45-39-22-20-18-16-14-12-10-8-6-4-2/h12,14,18,20,27,29,71,75,80-81,85-86H,3-11,13,15-17,19,21-26,28,30-70,72-74,76-79H2,1-2H3,(H,84,87)/b14-12-,20-18-,29-27-,75-71+. The third-order valence-electron chi connectivity index (χ3n) is 18.8. The zero-order chi connectivity index (χ0) is 64.2. The maximum absolute atomic E-state index is 12.5. The molecule has 0 aliphatic carbocycles. The average molecular weight is 1250 g/mol. The molecule has 3 N–H and O–H groups in total. The van der Waals surface area contributed by atoms with Gasteiger partial charge >= 0.3 is 5.97 Å². The Morgan fingerprint density at radius 3 is 0.888 bits per heavy atom. The minimum Gasteiger partial charge on any atom is -0.466 e. The van der Waals surface area contributed by atoms with Crippen LogP contribution in [0, 0.1) is 0 Å². The van der Waals surface area contributed by atoms with E-state index in [0.29, 0.717) is 19.4 Å². The highest BCUT2D eigenvalue weighted by atomic mass is 16.5. The second kappa shape index (κ2) is 78.3. The van der Waals surface area contributed by atoms with Gasteiger partial charge in [0, 0.05) is 12.8 Å². The monoisotopic (exact) mass is 1250 g/mol. The number of hydrogen-bond acceptors (Lipinski definition) is 5. The van der Waals surface area contributed by atoms with Crippen LogP contribution in [-0.2, 0) is 14.3 Å². The third kappa shape index (κ3) is 74.7. The minimum absolute atomic E-state index is 0.0147. The molecule has 6 nitrogen and oxygen atoms in total. The summed E-state index contributed by atoms with van der Waals surface area (Å²) in [6, 6.07) is -0.628. The number of ether oxygens (including phenoxy) is 1. The van der Waals surface area contributed by atoms with Crippen LogP contribution in [-0.4, -0.2) is 47.4 Å². The van der Waals surface area contributed by atoms with Crippen LogP contribution in [0.4, 0.5) is 0 Å². The number of unbranched alkanes of at least 4 members (excludes halogenated alkanes) is 59. The first-order valence-corrected chi connectivity index (χ1v) is 40.4. The van der Waals surface area contributed by atoms with Crippen molar-refractivity contribution in [2.75, 3.05) is 13.2 Å². The van der Waals surface area contributed by atoms with E-state index in [1.807, 2.05) is 6.08 Å². The third-order valence-corrected chi connectivity index (χ3v) is 18.8. The minimum atomic E-state index is -0.844. The Morgan fingerprint density at radius 2 is 0.562 bits per heavy atom. The summed E-state index contributed by atoms with van der Waals surface area (Å²) in [5.41, 5.74) is 0. The highest BCUT2D eigenvalue weighted by Gasteiger charge is 2.18. The number of carbonyl (C=O) groups is 2. The van der Waals surface area contributed by atoms with Gasteiger partial charge in [-0.05, 0) is 89.9 Å². The molecule has 0 aliphatic rings. The van der Waals surface area contributed by atoms with E-state index in [2.05, 4.69) is 55.6 Å². The van der Waals surface area contributed by atoms with Crippen LogP contribution < -0.4 is 5.32 Å². The van der Waals surface area contributed by atoms with Crippen LogP contribution in [0.1, 0.15) is 444 Å². The Kier molecular flexibility index (Phi) is 76.3. The van der Waals surface area contributed by atoms with E-state index in [1.54, 1.807) is 6.08 Å². The normalized spacial score (nSPS) is 12.7. The highest BCUT2D eigenvalue weighted by molar-refractivity contribution is 5.76. The van der Waals surface area contributed by atoms with E-state index in [0.717, 1.165) is 51.4 Å². The fourth-order valence-electron chi connectivity index (χ4n) is 12.7. The molecule has 0 rings (SSSR count). The number of allylic oxidation sites excluding steroid dienone is 7. The molecule has 0 aromatic carbocycles. The lowest BCUT2D eigenvalue weighted by Crippen LogP contribution is -2.45. The van der Waals surface area contributed by atoms with Gasteiger partial charge in [0.15, 0.2) is 0 Å². The van der Waals surface area contributed by atoms with Gasteiger partial charge in [0.05, 0.1) is 25.4 Å². The van der Waals surface area contributed by atoms with Gasteiger partial charge in [-0.25, -0.2) is 0 Å². The summed E-state index contributed by atoms with van der Waals surface area (Å²) in [7, 11) is 0. The molecule has 0 fully saturated rings. The predicted octanol–water partition coefficient (Wildman–Crippen LogP) is 26.8. The van der Waals surface area contributed by atoms with Crippen LogP contribution in [0.2, 0.25) is 0 Å². The molecule has 6 heteroatoms. The lowest BCUT2D eigenvalue weighted by Gasteiger charge is -2.20. The van der Waals surface area contributed by atoms with Crippen LogP contribution >= 0.6 is 0 Å². The number of aliphatic hydroxyl groups excluding tert-OH is 2. The molecule has 0 spiro atoms. The summed E-state index contributed by atoms with van der Waals surface area (Å²) in [4.78, 5) is 24.7. The molecule has 0 saturated heterocycles. The van der Waals surface area contributed by atoms with Crippen molar-refractivity contribution >= 4 is 11.9 Å². The summed E-state index contributed by atoms with van der Waals surface area (Å²) in [6.07, 6.45) is 104. The quantitative estimate of drug-likeness (QED) is 0.0320. The molecule has 0 saturated carbocycles. The van der Waals surface area contributed by atoms with Gasteiger partial charge in [-0.2, -0.15) is 0 Å². The summed E-state index contributed by atoms with van der Waals surface area (Å²) in [6.45, 7) is 4.92. The smallest absolute Gasteiger partial charge is 0.305 e. The van der Waals surface area contributed by atoms with Crippen molar-refractivity contribution in [3.63, 3.8) is 0 Å². The highest BCUT2D eigenvalue weighted by Crippen LogP contribution is 2.19. The van der Waals surface area contributed by atoms with Gasteiger partial charge in [-0.1, -0.05) is 390 Å². The van der Waals surface area contributed by atoms with E-state index >= 15 is 0 Å². The Morgan fingerprint density at radius 1 is 0.315 bits per heavy atom. The first-order valence-electron chi connectivity index (χ1n) is 40.4. The van der Waals surface area contributed by atoms with E-state index in [-0.39, 0.29) is 18.5 Å². The molecule has 89 heavy (non-hydrogen) atoms. The van der Waals surface area contributed by atoms with E-state index < -0.39 is 12.1 Å². The van der Waals surface area contributed by atoms with Crippen molar-refractivity contribution in [2.24, 2.45) is 0 Å². The molecule has 0 aromatic heterocycles. The van der Waals surface area contributed by atoms with Crippen molar-refractivity contribution in [3.05, 3.63) is 48.6 Å². The van der Waals surface area contributed by atoms with Gasteiger partial charge < -0.3 is 20.3 Å². The molecular formula is C83H157NO5. The Hall–Kier alpha value is -2.18. The van der Waals surface area contributed by atoms with Crippen LogP contribution in [0.3, 0.4) is 0 Å². The topological polar surface area (TPSA) is 95.9 Å². The van der Waals surface area contributed by atoms with Crippen molar-refractivity contribution in [3.8, 4) is 0 Å². The summed E-state index contributed by atoms with van der Waals surface area (Å²) in [5.74, 6) is -0.0464. The number of carbonyl (C=O) groups excluding carboxylic acids is 2. The predicted molar refractivity (Wildman–Crippen MR) is 393 cm³/mol. The fourth-order valence-corrected chi connectivity index (χ4v) is 12.7. The summed E-state index contributed by atoms with van der Waals surface area (Å²) in [5, 5.41) is 23.3. The van der Waals surface area contributed by atoms with E-state index in [4.69, 9.17) is 4.74 Å². The maximum Gasteiger partial charge on any atom is 0.305 e. The van der Waals surface area contributed by atoms with Gasteiger partial charge in [0.25, 0.3) is 0 Å². The zero-order valence-electron chi connectivity index (χ0n) is 60.2. The molecule has 0 aliphatic heterocycles. The number of esters is 1. The number of rotatable bonds is 76. The second-order valence-electron chi connectivity index (χ2n) is 27.7. The van der Waals surface area contributed by atoms with Gasteiger partial charge in [-0.3, -0.25) is 9.59 Å². The first kappa shape index (κ1) is 86.8. The number of nitrogens with one attached hydrogen (secondary N) is 1. The van der Waals surface area contributed by atoms with Gasteiger partial charge in [0.1, 0.15) is 0 Å². The van der Waals surface area contributed by atoms with Crippen molar-refractivity contribution in [1.29, 1.82) is 0 Å². The zero-order valence-corrected chi connectivity index (χ0v) is 60.2. The summed E-state index contributed by atoms with van der Waals surface area (Å²) >= 11 is 0. The molecule has 0 bridgehead atoms. The molecule has 0 heterocycles. The Balaban J connectivity index is 3.37. The average Bonchev–Trinajstić information content (AvgIpc) is 3.60. The molecular weight excluding hydrogens is 1090 g/mol. The van der Waals surface area contributed by atoms with Gasteiger partial charge in [0.2, 0.25) is 5.91 Å². The largest absolute Gasteiger partial charge is 0.466 e. The van der Waals surface area contributed by atoms with E-state index in [1.165, 1.54) is 366 Å². The molecule has 1 amide bonds. The molecule has 0 aromatic rings. The maximum atomic E-state index is 12.5. The van der Waals surface area contributed by atoms with Crippen molar-refractivity contribution in [1.82, 2.24) is 5.32 Å².